The lowest BCUT2D eigenvalue weighted by Crippen LogP contribution is -2.14. The highest BCUT2D eigenvalue weighted by Crippen LogP contribution is 2.25. The Bertz CT molecular complexity index is 604. The molecule has 0 amide bonds. The smallest absolute Gasteiger partial charge is 0.126 e. The first kappa shape index (κ1) is 15.0. The van der Waals surface area contributed by atoms with Crippen LogP contribution in [-0.4, -0.2) is 0 Å². The summed E-state index contributed by atoms with van der Waals surface area (Å²) in [5.41, 5.74) is 7.48. The molecule has 2 aromatic rings. The second-order valence-corrected chi connectivity index (χ2v) is 6.23. The van der Waals surface area contributed by atoms with Crippen LogP contribution in [0.5, 0.6) is 0 Å². The maximum Gasteiger partial charge on any atom is 0.126 e. The van der Waals surface area contributed by atoms with Crippen molar-refractivity contribution in [3.8, 4) is 0 Å². The Hall–Kier alpha value is -0.360. The van der Waals surface area contributed by atoms with Gasteiger partial charge in [0.15, 0.2) is 0 Å². The number of nitrogens with two attached hydrogens (primary N) is 1. The molecule has 1 nitrogen and oxygen atoms in total. The molecule has 0 fully saturated rings. The van der Waals surface area contributed by atoms with E-state index in [4.69, 9.17) is 28.9 Å². The van der Waals surface area contributed by atoms with E-state index in [1.165, 1.54) is 12.1 Å². The largest absolute Gasteiger partial charge is 0.324 e. The summed E-state index contributed by atoms with van der Waals surface area (Å²) in [7, 11) is 0. The van der Waals surface area contributed by atoms with Crippen LogP contribution in [0.4, 0.5) is 4.39 Å². The fraction of sp³-hybridized carbons (Fsp3) is 0.143. The highest BCUT2D eigenvalue weighted by Gasteiger charge is 2.12. The van der Waals surface area contributed by atoms with Gasteiger partial charge in [-0.1, -0.05) is 29.3 Å². The lowest BCUT2D eigenvalue weighted by Gasteiger charge is -2.14. The lowest BCUT2D eigenvalue weighted by atomic mass is 9.99. The minimum atomic E-state index is -0.317. The summed E-state index contributed by atoms with van der Waals surface area (Å²) in [4.78, 5) is 0. The Kier molecular flexibility index (Phi) is 5.06. The first-order valence-electron chi connectivity index (χ1n) is 5.62. The molecule has 1 unspecified atom stereocenters. The molecule has 0 aliphatic carbocycles. The van der Waals surface area contributed by atoms with Crippen molar-refractivity contribution in [3.05, 3.63) is 67.0 Å². The van der Waals surface area contributed by atoms with Gasteiger partial charge in [0.1, 0.15) is 5.82 Å². The van der Waals surface area contributed by atoms with E-state index in [0.717, 1.165) is 9.13 Å². The van der Waals surface area contributed by atoms with Gasteiger partial charge in [0.25, 0.3) is 0 Å². The van der Waals surface area contributed by atoms with Crippen LogP contribution in [0.25, 0.3) is 0 Å². The lowest BCUT2D eigenvalue weighted by molar-refractivity contribution is 0.593. The normalized spacial score (nSPS) is 12.5. The van der Waals surface area contributed by atoms with Crippen LogP contribution in [0.2, 0.25) is 10.0 Å². The van der Waals surface area contributed by atoms with Crippen LogP contribution >= 0.6 is 45.8 Å². The van der Waals surface area contributed by atoms with Gasteiger partial charge in [-0.3, -0.25) is 0 Å². The van der Waals surface area contributed by atoms with Crippen LogP contribution < -0.4 is 5.73 Å². The summed E-state index contributed by atoms with van der Waals surface area (Å²) in [6, 6.07) is 9.77. The standard InChI is InChI=1S/C14H11Cl2FIN/c15-10-2-3-12(17)9(5-10)7-14(19)8-1-4-13(18)11(16)6-8/h1-6,14H,7,19H2. The zero-order valence-corrected chi connectivity index (χ0v) is 13.5. The van der Waals surface area contributed by atoms with Gasteiger partial charge >= 0.3 is 0 Å². The summed E-state index contributed by atoms with van der Waals surface area (Å²) in [6.07, 6.45) is 0.378. The summed E-state index contributed by atoms with van der Waals surface area (Å²) in [6.45, 7) is 0. The third-order valence-electron chi connectivity index (χ3n) is 2.82. The van der Waals surface area contributed by atoms with Crippen LogP contribution in [0, 0.1) is 9.39 Å². The van der Waals surface area contributed by atoms with Crippen molar-refractivity contribution in [3.63, 3.8) is 0 Å². The average Bonchev–Trinajstić information content (AvgIpc) is 2.37. The zero-order chi connectivity index (χ0) is 14.0. The Labute approximate surface area is 135 Å². The molecular weight excluding hydrogens is 399 g/mol. The van der Waals surface area contributed by atoms with Crippen molar-refractivity contribution in [1.82, 2.24) is 0 Å². The van der Waals surface area contributed by atoms with Gasteiger partial charge in [0.2, 0.25) is 0 Å². The molecule has 0 aromatic heterocycles. The fourth-order valence-corrected chi connectivity index (χ4v) is 2.52. The van der Waals surface area contributed by atoms with Gasteiger partial charge in [-0.15, -0.1) is 0 Å². The molecule has 0 aliphatic rings. The average molecular weight is 410 g/mol. The molecule has 0 radical (unpaired) electrons. The van der Waals surface area contributed by atoms with Crippen molar-refractivity contribution in [2.75, 3.05) is 0 Å². The van der Waals surface area contributed by atoms with Gasteiger partial charge in [-0.25, -0.2) is 4.39 Å². The van der Waals surface area contributed by atoms with Crippen molar-refractivity contribution in [2.24, 2.45) is 5.73 Å². The van der Waals surface area contributed by atoms with Crippen LogP contribution in [0.15, 0.2) is 36.4 Å². The fourth-order valence-electron chi connectivity index (χ4n) is 1.80. The van der Waals surface area contributed by atoms with Crippen LogP contribution in [0.3, 0.4) is 0 Å². The predicted molar refractivity (Wildman–Crippen MR) is 86.2 cm³/mol. The Balaban J connectivity index is 2.22. The highest BCUT2D eigenvalue weighted by molar-refractivity contribution is 14.1. The third kappa shape index (κ3) is 3.81. The minimum Gasteiger partial charge on any atom is -0.324 e. The second kappa shape index (κ2) is 6.39. The third-order valence-corrected chi connectivity index (χ3v) is 4.63. The molecule has 100 valence electrons. The van der Waals surface area contributed by atoms with Gasteiger partial charge in [0, 0.05) is 14.6 Å². The first-order valence-corrected chi connectivity index (χ1v) is 7.45. The Morgan fingerprint density at radius 2 is 1.89 bits per heavy atom. The molecule has 2 aromatic carbocycles. The molecule has 0 saturated carbocycles. The van der Waals surface area contributed by atoms with Gasteiger partial charge in [-0.05, 0) is 70.5 Å². The molecule has 19 heavy (non-hydrogen) atoms. The van der Waals surface area contributed by atoms with Crippen molar-refractivity contribution >= 4 is 45.8 Å². The molecule has 2 N–H and O–H groups in total. The van der Waals surface area contributed by atoms with Crippen molar-refractivity contribution < 1.29 is 4.39 Å². The maximum absolute atomic E-state index is 13.6. The number of hydrogen-bond donors (Lipinski definition) is 1. The topological polar surface area (TPSA) is 26.0 Å². The summed E-state index contributed by atoms with van der Waals surface area (Å²) >= 11 is 14.1. The summed E-state index contributed by atoms with van der Waals surface area (Å²) in [5.74, 6) is -0.295. The molecule has 5 heteroatoms. The van der Waals surface area contributed by atoms with Gasteiger partial charge < -0.3 is 5.73 Å². The van der Waals surface area contributed by atoms with E-state index in [1.807, 2.05) is 18.2 Å². The van der Waals surface area contributed by atoms with E-state index in [2.05, 4.69) is 22.6 Å². The molecule has 1 atom stereocenters. The van der Waals surface area contributed by atoms with Crippen LogP contribution in [-0.2, 0) is 6.42 Å². The molecule has 0 bridgehead atoms. The maximum atomic E-state index is 13.6. The highest BCUT2D eigenvalue weighted by atomic mass is 127. The van der Waals surface area contributed by atoms with Crippen LogP contribution in [0.1, 0.15) is 17.2 Å². The Morgan fingerprint density at radius 1 is 1.16 bits per heavy atom. The molecule has 0 saturated heterocycles. The van der Waals surface area contributed by atoms with E-state index in [1.54, 1.807) is 6.07 Å². The SMILES string of the molecule is NC(Cc1cc(Cl)ccc1F)c1ccc(I)c(Cl)c1. The predicted octanol–water partition coefficient (Wildman–Crippen LogP) is 4.98. The number of hydrogen-bond acceptors (Lipinski definition) is 1. The van der Waals surface area contributed by atoms with Crippen molar-refractivity contribution in [2.45, 2.75) is 12.5 Å². The molecule has 0 spiro atoms. The zero-order valence-electron chi connectivity index (χ0n) is 9.84. The monoisotopic (exact) mass is 409 g/mol. The summed E-state index contributed by atoms with van der Waals surface area (Å²) < 4.78 is 14.6. The minimum absolute atomic E-state index is 0.295. The van der Waals surface area contributed by atoms with E-state index in [0.29, 0.717) is 22.0 Å². The van der Waals surface area contributed by atoms with Crippen molar-refractivity contribution in [1.29, 1.82) is 0 Å². The molecule has 2 rings (SSSR count). The van der Waals surface area contributed by atoms with Gasteiger partial charge in [0.05, 0.1) is 5.02 Å². The van der Waals surface area contributed by atoms with Gasteiger partial charge in [-0.2, -0.15) is 0 Å². The summed E-state index contributed by atoms with van der Waals surface area (Å²) in [5, 5.41) is 1.16. The van der Waals surface area contributed by atoms with E-state index >= 15 is 0 Å². The van der Waals surface area contributed by atoms with E-state index in [-0.39, 0.29) is 11.9 Å². The van der Waals surface area contributed by atoms with E-state index in [9.17, 15) is 4.39 Å². The molecular formula is C14H11Cl2FIN. The van der Waals surface area contributed by atoms with E-state index < -0.39 is 0 Å². The molecule has 0 heterocycles. The number of halogens is 4. The quantitative estimate of drug-likeness (QED) is 0.711. The first-order chi connectivity index (χ1) is 8.97. The number of rotatable bonds is 3. The molecule has 0 aliphatic heterocycles. The Morgan fingerprint density at radius 3 is 2.58 bits per heavy atom. The number of benzene rings is 2. The second-order valence-electron chi connectivity index (χ2n) is 4.22.